The zero-order valence-corrected chi connectivity index (χ0v) is 20.1. The largest absolute Gasteiger partial charge is 0.493 e. The quantitative estimate of drug-likeness (QED) is 0.344. The van der Waals surface area contributed by atoms with Crippen molar-refractivity contribution in [3.05, 3.63) is 47.5 Å². The molecule has 1 N–H and O–H groups in total. The van der Waals surface area contributed by atoms with Crippen LogP contribution in [0.3, 0.4) is 0 Å². The van der Waals surface area contributed by atoms with Crippen LogP contribution in [-0.4, -0.2) is 51.2 Å². The Labute approximate surface area is 197 Å². The highest BCUT2D eigenvalue weighted by Crippen LogP contribution is 2.35. The number of benzene rings is 2. The summed E-state index contributed by atoms with van der Waals surface area (Å²) in [5.74, 6) is 3.01. The number of nitrogens with zero attached hydrogens (tertiary/aromatic N) is 3. The molecule has 0 saturated carbocycles. The van der Waals surface area contributed by atoms with E-state index < -0.39 is 0 Å². The summed E-state index contributed by atoms with van der Waals surface area (Å²) in [6.07, 6.45) is 2.60. The Hall–Kier alpha value is -3.64. The van der Waals surface area contributed by atoms with Gasteiger partial charge in [-0.05, 0) is 48.6 Å². The lowest BCUT2D eigenvalue weighted by molar-refractivity contribution is 0.354. The van der Waals surface area contributed by atoms with Crippen LogP contribution in [0.25, 0.3) is 11.3 Å². The number of hydrogen-bond acceptors (Lipinski definition) is 9. The van der Waals surface area contributed by atoms with E-state index in [2.05, 4.69) is 21.4 Å². The van der Waals surface area contributed by atoms with Crippen molar-refractivity contribution >= 4 is 17.6 Å². The molecule has 2 aromatic carbocycles. The maximum atomic E-state index is 9.93. The summed E-state index contributed by atoms with van der Waals surface area (Å²) in [6.45, 7) is 0.570. The SMILES string of the molecule is COc1ccc(CCNc2nc(SC)nc(-c3ccc(OC)c(OC)c3)c2C#N)cc1OC. The van der Waals surface area contributed by atoms with Gasteiger partial charge in [-0.2, -0.15) is 5.26 Å². The van der Waals surface area contributed by atoms with Gasteiger partial charge in [-0.1, -0.05) is 17.8 Å². The van der Waals surface area contributed by atoms with E-state index in [9.17, 15) is 5.26 Å². The topological polar surface area (TPSA) is 98.5 Å². The highest BCUT2D eigenvalue weighted by molar-refractivity contribution is 7.98. The van der Waals surface area contributed by atoms with Crippen LogP contribution in [0, 0.1) is 11.3 Å². The average Bonchev–Trinajstić information content (AvgIpc) is 2.87. The maximum Gasteiger partial charge on any atom is 0.189 e. The Kier molecular flexibility index (Phi) is 8.22. The molecule has 9 heteroatoms. The molecule has 0 aliphatic heterocycles. The molecule has 172 valence electrons. The lowest BCUT2D eigenvalue weighted by Crippen LogP contribution is -2.10. The summed E-state index contributed by atoms with van der Waals surface area (Å²) in [7, 11) is 6.37. The molecule has 0 atom stereocenters. The van der Waals surface area contributed by atoms with Crippen molar-refractivity contribution in [3.63, 3.8) is 0 Å². The van der Waals surface area contributed by atoms with E-state index in [1.807, 2.05) is 30.5 Å². The molecule has 0 aliphatic rings. The van der Waals surface area contributed by atoms with Crippen molar-refractivity contribution in [2.45, 2.75) is 11.6 Å². The predicted octanol–water partition coefficient (Wildman–Crippen LogP) is 4.43. The molecular formula is C24H26N4O4S. The van der Waals surface area contributed by atoms with Gasteiger partial charge in [-0.15, -0.1) is 0 Å². The second-order valence-electron chi connectivity index (χ2n) is 6.83. The minimum atomic E-state index is 0.368. The first-order chi connectivity index (χ1) is 16.1. The molecule has 0 spiro atoms. The van der Waals surface area contributed by atoms with Gasteiger partial charge in [-0.3, -0.25) is 0 Å². The summed E-state index contributed by atoms with van der Waals surface area (Å²) >= 11 is 1.41. The highest BCUT2D eigenvalue weighted by atomic mass is 32.2. The number of nitrogens with one attached hydrogen (secondary N) is 1. The zero-order valence-electron chi connectivity index (χ0n) is 19.3. The lowest BCUT2D eigenvalue weighted by atomic mass is 10.1. The lowest BCUT2D eigenvalue weighted by Gasteiger charge is -2.14. The second kappa shape index (κ2) is 11.3. The van der Waals surface area contributed by atoms with E-state index >= 15 is 0 Å². The first-order valence-electron chi connectivity index (χ1n) is 10.1. The molecular weight excluding hydrogens is 440 g/mol. The van der Waals surface area contributed by atoms with Crippen molar-refractivity contribution in [1.29, 1.82) is 5.26 Å². The predicted molar refractivity (Wildman–Crippen MR) is 129 cm³/mol. The average molecular weight is 467 g/mol. The third-order valence-corrected chi connectivity index (χ3v) is 5.54. The Balaban J connectivity index is 1.90. The van der Waals surface area contributed by atoms with Crippen molar-refractivity contribution in [3.8, 4) is 40.3 Å². The molecule has 0 unspecified atom stereocenters. The van der Waals surface area contributed by atoms with Gasteiger partial charge >= 0.3 is 0 Å². The van der Waals surface area contributed by atoms with E-state index in [0.29, 0.717) is 58.2 Å². The van der Waals surface area contributed by atoms with Crippen molar-refractivity contribution in [2.75, 3.05) is 46.6 Å². The number of hydrogen-bond donors (Lipinski definition) is 1. The van der Waals surface area contributed by atoms with Gasteiger partial charge in [0.25, 0.3) is 0 Å². The number of nitriles is 1. The Bertz CT molecular complexity index is 1160. The van der Waals surface area contributed by atoms with E-state index in [1.165, 1.54) is 11.8 Å². The molecule has 1 heterocycles. The number of thioether (sulfide) groups is 1. The van der Waals surface area contributed by atoms with Gasteiger partial charge in [0.15, 0.2) is 28.2 Å². The van der Waals surface area contributed by atoms with Crippen LogP contribution in [0.4, 0.5) is 5.82 Å². The normalized spacial score (nSPS) is 10.3. The Morgan fingerprint density at radius 3 is 2.12 bits per heavy atom. The third kappa shape index (κ3) is 5.41. The second-order valence-corrected chi connectivity index (χ2v) is 7.60. The monoisotopic (exact) mass is 466 g/mol. The number of aromatic nitrogens is 2. The molecule has 1 aromatic heterocycles. The molecule has 3 rings (SSSR count). The number of anilines is 1. The first-order valence-corrected chi connectivity index (χ1v) is 11.3. The fourth-order valence-corrected chi connectivity index (χ4v) is 3.68. The fraction of sp³-hybridized carbons (Fsp3) is 0.292. The van der Waals surface area contributed by atoms with Crippen molar-refractivity contribution in [1.82, 2.24) is 9.97 Å². The van der Waals surface area contributed by atoms with Gasteiger partial charge in [0.1, 0.15) is 17.5 Å². The molecule has 8 nitrogen and oxygen atoms in total. The molecule has 33 heavy (non-hydrogen) atoms. The van der Waals surface area contributed by atoms with Crippen LogP contribution in [0.5, 0.6) is 23.0 Å². The van der Waals surface area contributed by atoms with Crippen LogP contribution in [-0.2, 0) is 6.42 Å². The molecule has 3 aromatic rings. The smallest absolute Gasteiger partial charge is 0.189 e. The van der Waals surface area contributed by atoms with E-state index in [1.54, 1.807) is 40.6 Å². The standard InChI is InChI=1S/C24H26N4O4S/c1-29-18-8-6-15(12-20(18)31-3)10-11-26-23-17(14-25)22(27-24(28-23)33-5)16-7-9-19(30-2)21(13-16)32-4/h6-9,12-13H,10-11H2,1-5H3,(H,26,27,28). The minimum Gasteiger partial charge on any atom is -0.493 e. The van der Waals surface area contributed by atoms with Crippen LogP contribution < -0.4 is 24.3 Å². The summed E-state index contributed by atoms with van der Waals surface area (Å²) in [5.41, 5.74) is 2.71. The summed E-state index contributed by atoms with van der Waals surface area (Å²) in [4.78, 5) is 9.13. The van der Waals surface area contributed by atoms with Crippen molar-refractivity contribution < 1.29 is 18.9 Å². The van der Waals surface area contributed by atoms with Crippen LogP contribution >= 0.6 is 11.8 Å². The van der Waals surface area contributed by atoms with Crippen LogP contribution in [0.15, 0.2) is 41.6 Å². The van der Waals surface area contributed by atoms with Gasteiger partial charge in [0, 0.05) is 12.1 Å². The number of methoxy groups -OCH3 is 4. The summed E-state index contributed by atoms with van der Waals surface area (Å²) in [5, 5.41) is 13.8. The summed E-state index contributed by atoms with van der Waals surface area (Å²) in [6, 6.07) is 13.5. The van der Waals surface area contributed by atoms with Crippen LogP contribution in [0.1, 0.15) is 11.1 Å². The van der Waals surface area contributed by atoms with Crippen LogP contribution in [0.2, 0.25) is 0 Å². The Morgan fingerprint density at radius 2 is 1.52 bits per heavy atom. The maximum absolute atomic E-state index is 9.93. The first kappa shape index (κ1) is 24.0. The van der Waals surface area contributed by atoms with Gasteiger partial charge in [0.05, 0.1) is 34.1 Å². The highest BCUT2D eigenvalue weighted by Gasteiger charge is 2.18. The molecule has 0 radical (unpaired) electrons. The molecule has 0 amide bonds. The molecule has 0 fully saturated rings. The molecule has 0 saturated heterocycles. The minimum absolute atomic E-state index is 0.368. The zero-order chi connectivity index (χ0) is 23.8. The van der Waals surface area contributed by atoms with Gasteiger partial charge < -0.3 is 24.3 Å². The third-order valence-electron chi connectivity index (χ3n) is 4.99. The van der Waals surface area contributed by atoms with E-state index in [0.717, 1.165) is 11.1 Å². The van der Waals surface area contributed by atoms with E-state index in [4.69, 9.17) is 18.9 Å². The van der Waals surface area contributed by atoms with E-state index in [-0.39, 0.29) is 0 Å². The molecule has 0 bridgehead atoms. The fourth-order valence-electron chi connectivity index (χ4n) is 3.32. The van der Waals surface area contributed by atoms with Gasteiger partial charge in [-0.25, -0.2) is 9.97 Å². The number of rotatable bonds is 10. The summed E-state index contributed by atoms with van der Waals surface area (Å²) < 4.78 is 21.4. The number of ether oxygens (including phenoxy) is 4. The van der Waals surface area contributed by atoms with Crippen molar-refractivity contribution in [2.24, 2.45) is 0 Å². The van der Waals surface area contributed by atoms with Gasteiger partial charge in [0.2, 0.25) is 0 Å². The molecule has 0 aliphatic carbocycles. The Morgan fingerprint density at radius 1 is 0.879 bits per heavy atom.